The van der Waals surface area contributed by atoms with Crippen molar-refractivity contribution in [2.45, 2.75) is 13.8 Å². The maximum Gasteiger partial charge on any atom is 0.354 e. The Morgan fingerprint density at radius 2 is 1.59 bits per heavy atom. The largest absolute Gasteiger partial charge is 0.473 e. The number of nitrogens with zero attached hydrogens (tertiary/aromatic N) is 1. The Hall–Kier alpha value is -4.18. The standard InChI is InChI=1S/C27H29N3O6S/c1-18(2)16-30(17-35-22-12-9-20(10-13-22)25(28)29)26(31)21-11-14-23(19-7-5-4-6-8-19)24(15-21)27(32)36-37(3,33)34/h4-15,18H,16-17H2,1-3H3,(H3,28,29). The molecule has 0 saturated heterocycles. The van der Waals surface area contributed by atoms with Crippen molar-refractivity contribution >= 4 is 27.8 Å². The van der Waals surface area contributed by atoms with E-state index in [2.05, 4.69) is 4.18 Å². The first-order chi connectivity index (χ1) is 17.4. The second-order valence-corrected chi connectivity index (χ2v) is 10.4. The molecule has 0 aliphatic heterocycles. The number of rotatable bonds is 10. The first kappa shape index (κ1) is 27.4. The summed E-state index contributed by atoms with van der Waals surface area (Å²) in [6, 6.07) is 20.0. The Bertz CT molecular complexity index is 1390. The monoisotopic (exact) mass is 523 g/mol. The van der Waals surface area contributed by atoms with Gasteiger partial charge in [0.25, 0.3) is 5.91 Å². The Labute approximate surface area is 216 Å². The van der Waals surface area contributed by atoms with Crippen LogP contribution in [0.5, 0.6) is 5.75 Å². The first-order valence-corrected chi connectivity index (χ1v) is 13.3. The molecular weight excluding hydrogens is 494 g/mol. The van der Waals surface area contributed by atoms with Gasteiger partial charge in [-0.3, -0.25) is 10.2 Å². The molecule has 3 rings (SSSR count). The minimum Gasteiger partial charge on any atom is -0.473 e. The molecule has 0 radical (unpaired) electrons. The molecule has 3 aromatic carbocycles. The summed E-state index contributed by atoms with van der Waals surface area (Å²) in [5, 5.41) is 7.49. The van der Waals surface area contributed by atoms with E-state index in [9.17, 15) is 18.0 Å². The average molecular weight is 524 g/mol. The van der Waals surface area contributed by atoms with Crippen LogP contribution in [0.1, 0.15) is 40.1 Å². The van der Waals surface area contributed by atoms with Crippen molar-refractivity contribution in [2.75, 3.05) is 19.5 Å². The van der Waals surface area contributed by atoms with Crippen molar-refractivity contribution in [3.63, 3.8) is 0 Å². The van der Waals surface area contributed by atoms with E-state index in [-0.39, 0.29) is 29.6 Å². The molecule has 0 spiro atoms. The molecule has 3 N–H and O–H groups in total. The van der Waals surface area contributed by atoms with Gasteiger partial charge in [-0.15, -0.1) is 0 Å². The maximum absolute atomic E-state index is 13.5. The molecule has 10 heteroatoms. The summed E-state index contributed by atoms with van der Waals surface area (Å²) in [5.74, 6) is -0.933. The number of benzene rings is 3. The summed E-state index contributed by atoms with van der Waals surface area (Å²) in [4.78, 5) is 27.8. The smallest absolute Gasteiger partial charge is 0.354 e. The van der Waals surface area contributed by atoms with Crippen LogP contribution >= 0.6 is 0 Å². The van der Waals surface area contributed by atoms with Crippen molar-refractivity contribution in [3.8, 4) is 16.9 Å². The number of amidine groups is 1. The molecule has 9 nitrogen and oxygen atoms in total. The average Bonchev–Trinajstić information content (AvgIpc) is 2.85. The number of carbonyl (C=O) groups excluding carboxylic acids is 2. The lowest BCUT2D eigenvalue weighted by molar-refractivity contribution is 0.0566. The van der Waals surface area contributed by atoms with Gasteiger partial charge in [-0.05, 0) is 53.4 Å². The highest BCUT2D eigenvalue weighted by atomic mass is 32.2. The van der Waals surface area contributed by atoms with E-state index >= 15 is 0 Å². The van der Waals surface area contributed by atoms with Crippen LogP contribution in [0.15, 0.2) is 72.8 Å². The van der Waals surface area contributed by atoms with Crippen molar-refractivity contribution in [3.05, 3.63) is 89.5 Å². The minimum absolute atomic E-state index is 0.0484. The zero-order chi connectivity index (χ0) is 27.2. The number of hydrogen-bond acceptors (Lipinski definition) is 7. The number of nitrogens with one attached hydrogen (secondary N) is 1. The second-order valence-electron chi connectivity index (χ2n) is 8.83. The van der Waals surface area contributed by atoms with Gasteiger partial charge in [0.1, 0.15) is 11.6 Å². The first-order valence-electron chi connectivity index (χ1n) is 11.4. The molecule has 0 aliphatic carbocycles. The van der Waals surface area contributed by atoms with Crippen molar-refractivity contribution in [1.29, 1.82) is 5.41 Å². The summed E-state index contributed by atoms with van der Waals surface area (Å²) >= 11 is 0. The molecule has 0 heterocycles. The molecule has 0 aliphatic rings. The molecule has 0 unspecified atom stereocenters. The number of hydrogen-bond donors (Lipinski definition) is 2. The van der Waals surface area contributed by atoms with E-state index in [1.807, 2.05) is 19.9 Å². The lowest BCUT2D eigenvalue weighted by Gasteiger charge is -2.25. The zero-order valence-electron chi connectivity index (χ0n) is 20.8. The van der Waals surface area contributed by atoms with Gasteiger partial charge in [0.05, 0.1) is 11.8 Å². The van der Waals surface area contributed by atoms with Crippen molar-refractivity contribution in [2.24, 2.45) is 11.7 Å². The molecular formula is C27H29N3O6S. The molecule has 37 heavy (non-hydrogen) atoms. The summed E-state index contributed by atoms with van der Waals surface area (Å²) in [6.07, 6.45) is 0.784. The van der Waals surface area contributed by atoms with Crippen LogP contribution < -0.4 is 10.5 Å². The molecule has 0 aromatic heterocycles. The SMILES string of the molecule is CC(C)CN(COc1ccc(C(=N)N)cc1)C(=O)c1ccc(-c2ccccc2)c(C(=O)OS(C)(=O)=O)c1. The van der Waals surface area contributed by atoms with Gasteiger partial charge in [0, 0.05) is 17.7 Å². The Balaban J connectivity index is 1.92. The van der Waals surface area contributed by atoms with Crippen molar-refractivity contribution in [1.82, 2.24) is 4.90 Å². The summed E-state index contributed by atoms with van der Waals surface area (Å²) in [7, 11) is -4.07. The van der Waals surface area contributed by atoms with Gasteiger partial charge < -0.3 is 19.6 Å². The van der Waals surface area contributed by atoms with E-state index in [1.165, 1.54) is 11.0 Å². The van der Waals surface area contributed by atoms with Gasteiger partial charge in [-0.25, -0.2) is 4.79 Å². The number of nitrogen functional groups attached to an aromatic ring is 1. The Morgan fingerprint density at radius 1 is 0.973 bits per heavy atom. The molecule has 0 bridgehead atoms. The fourth-order valence-corrected chi connectivity index (χ4v) is 3.96. The van der Waals surface area contributed by atoms with Crippen LogP contribution in [-0.2, 0) is 14.3 Å². The summed E-state index contributed by atoms with van der Waals surface area (Å²) < 4.78 is 33.7. The van der Waals surface area contributed by atoms with Gasteiger partial charge in [0.2, 0.25) is 0 Å². The number of carbonyl (C=O) groups is 2. The highest BCUT2D eigenvalue weighted by Gasteiger charge is 2.23. The second kappa shape index (κ2) is 11.7. The van der Waals surface area contributed by atoms with E-state index in [0.29, 0.717) is 29.0 Å². The third-order valence-corrected chi connectivity index (χ3v) is 5.68. The predicted octanol–water partition coefficient (Wildman–Crippen LogP) is 3.89. The van der Waals surface area contributed by atoms with E-state index in [1.54, 1.807) is 60.7 Å². The van der Waals surface area contributed by atoms with Gasteiger partial charge >= 0.3 is 16.1 Å². The summed E-state index contributed by atoms with van der Waals surface area (Å²) in [6.45, 7) is 4.21. The number of amides is 1. The lowest BCUT2D eigenvalue weighted by atomic mass is 9.97. The normalized spacial score (nSPS) is 11.1. The Morgan fingerprint density at radius 3 is 2.16 bits per heavy atom. The van der Waals surface area contributed by atoms with Gasteiger partial charge in [-0.1, -0.05) is 50.2 Å². The number of ether oxygens (including phenoxy) is 1. The third-order valence-electron chi connectivity index (χ3n) is 5.22. The molecule has 0 saturated carbocycles. The van der Waals surface area contributed by atoms with Crippen LogP contribution in [0.2, 0.25) is 0 Å². The summed E-state index contributed by atoms with van der Waals surface area (Å²) in [5.41, 5.74) is 7.26. The van der Waals surface area contributed by atoms with Crippen LogP contribution in [0.3, 0.4) is 0 Å². The topological polar surface area (TPSA) is 140 Å². The molecule has 1 amide bonds. The van der Waals surface area contributed by atoms with Gasteiger partial charge in [-0.2, -0.15) is 8.42 Å². The van der Waals surface area contributed by atoms with E-state index in [4.69, 9.17) is 15.9 Å². The Kier molecular flexibility index (Phi) is 8.67. The minimum atomic E-state index is -4.07. The highest BCUT2D eigenvalue weighted by Crippen LogP contribution is 2.27. The van der Waals surface area contributed by atoms with Gasteiger partial charge in [0.15, 0.2) is 6.73 Å². The maximum atomic E-state index is 13.5. The fraction of sp³-hybridized carbons (Fsp3) is 0.222. The van der Waals surface area contributed by atoms with Crippen LogP contribution in [-0.4, -0.2) is 50.6 Å². The highest BCUT2D eigenvalue weighted by molar-refractivity contribution is 7.86. The van der Waals surface area contributed by atoms with E-state index in [0.717, 1.165) is 6.26 Å². The quantitative estimate of drug-likeness (QED) is 0.178. The zero-order valence-corrected chi connectivity index (χ0v) is 21.6. The molecule has 194 valence electrons. The van der Waals surface area contributed by atoms with E-state index < -0.39 is 22.0 Å². The predicted molar refractivity (Wildman–Crippen MR) is 141 cm³/mol. The van der Waals surface area contributed by atoms with Crippen LogP contribution in [0, 0.1) is 11.3 Å². The molecule has 3 aromatic rings. The van der Waals surface area contributed by atoms with Crippen LogP contribution in [0.4, 0.5) is 0 Å². The number of nitrogens with two attached hydrogens (primary N) is 1. The molecule has 0 fully saturated rings. The molecule has 0 atom stereocenters. The fourth-order valence-electron chi connectivity index (χ4n) is 3.60. The third kappa shape index (κ3) is 7.65. The van der Waals surface area contributed by atoms with Crippen molar-refractivity contribution < 1.29 is 26.9 Å². The van der Waals surface area contributed by atoms with Crippen LogP contribution in [0.25, 0.3) is 11.1 Å². The lowest BCUT2D eigenvalue weighted by Crippen LogP contribution is -2.37.